The zero-order chi connectivity index (χ0) is 21.1. The van der Waals surface area contributed by atoms with Gasteiger partial charge in [-0.15, -0.1) is 0 Å². The SMILES string of the molecule is COc1ccc(CC(=O)N2CCN(c3nc4c(OC)ccc(OC)c4s3)CC2)cc1. The van der Waals surface area contributed by atoms with Gasteiger partial charge in [0, 0.05) is 26.2 Å². The third kappa shape index (κ3) is 4.00. The van der Waals surface area contributed by atoms with Gasteiger partial charge in [-0.2, -0.15) is 0 Å². The summed E-state index contributed by atoms with van der Waals surface area (Å²) in [6.45, 7) is 2.86. The van der Waals surface area contributed by atoms with Gasteiger partial charge in [0.25, 0.3) is 0 Å². The second-order valence-corrected chi connectivity index (χ2v) is 8.01. The first kappa shape index (κ1) is 20.3. The van der Waals surface area contributed by atoms with Crippen molar-refractivity contribution in [2.45, 2.75) is 6.42 Å². The molecule has 0 saturated carbocycles. The number of piperazine rings is 1. The Morgan fingerprint density at radius 1 is 0.933 bits per heavy atom. The molecule has 30 heavy (non-hydrogen) atoms. The van der Waals surface area contributed by atoms with Gasteiger partial charge in [0.15, 0.2) is 5.13 Å². The minimum absolute atomic E-state index is 0.146. The third-order valence-corrected chi connectivity index (χ3v) is 6.45. The minimum Gasteiger partial charge on any atom is -0.497 e. The number of carbonyl (C=O) groups excluding carboxylic acids is 1. The Kier molecular flexibility index (Phi) is 5.94. The largest absolute Gasteiger partial charge is 0.497 e. The number of nitrogens with zero attached hydrogens (tertiary/aromatic N) is 3. The molecule has 4 rings (SSSR count). The number of methoxy groups -OCH3 is 3. The summed E-state index contributed by atoms with van der Waals surface area (Å²) in [5.41, 5.74) is 1.81. The predicted molar refractivity (Wildman–Crippen MR) is 118 cm³/mol. The molecule has 0 atom stereocenters. The normalized spacial score (nSPS) is 14.1. The van der Waals surface area contributed by atoms with Crippen LogP contribution in [0.4, 0.5) is 5.13 Å². The van der Waals surface area contributed by atoms with E-state index in [-0.39, 0.29) is 5.91 Å². The summed E-state index contributed by atoms with van der Waals surface area (Å²) < 4.78 is 17.1. The van der Waals surface area contributed by atoms with E-state index < -0.39 is 0 Å². The zero-order valence-corrected chi connectivity index (χ0v) is 18.2. The van der Waals surface area contributed by atoms with Crippen LogP contribution in [0.5, 0.6) is 17.2 Å². The van der Waals surface area contributed by atoms with Crippen molar-refractivity contribution < 1.29 is 19.0 Å². The van der Waals surface area contributed by atoms with Crippen molar-refractivity contribution in [2.24, 2.45) is 0 Å². The first-order valence-electron chi connectivity index (χ1n) is 9.80. The Morgan fingerprint density at radius 3 is 2.23 bits per heavy atom. The molecule has 1 aromatic heterocycles. The van der Waals surface area contributed by atoms with E-state index in [0.717, 1.165) is 51.2 Å². The number of ether oxygens (including phenoxy) is 3. The van der Waals surface area contributed by atoms with Crippen LogP contribution in [0.25, 0.3) is 10.2 Å². The van der Waals surface area contributed by atoms with Gasteiger partial charge in [-0.3, -0.25) is 4.79 Å². The lowest BCUT2D eigenvalue weighted by molar-refractivity contribution is -0.130. The maximum Gasteiger partial charge on any atom is 0.227 e. The van der Waals surface area contributed by atoms with Crippen LogP contribution in [0.3, 0.4) is 0 Å². The van der Waals surface area contributed by atoms with Crippen molar-refractivity contribution in [3.8, 4) is 17.2 Å². The zero-order valence-electron chi connectivity index (χ0n) is 17.4. The highest BCUT2D eigenvalue weighted by molar-refractivity contribution is 7.22. The summed E-state index contributed by atoms with van der Waals surface area (Å²) >= 11 is 1.59. The molecule has 7 nitrogen and oxygen atoms in total. The number of hydrogen-bond acceptors (Lipinski definition) is 7. The van der Waals surface area contributed by atoms with E-state index >= 15 is 0 Å². The van der Waals surface area contributed by atoms with Gasteiger partial charge < -0.3 is 24.0 Å². The lowest BCUT2D eigenvalue weighted by Gasteiger charge is -2.34. The molecule has 1 saturated heterocycles. The fourth-order valence-electron chi connectivity index (χ4n) is 3.59. The maximum absolute atomic E-state index is 12.7. The van der Waals surface area contributed by atoms with Gasteiger partial charge in [0.1, 0.15) is 27.5 Å². The quantitative estimate of drug-likeness (QED) is 0.602. The van der Waals surface area contributed by atoms with Crippen molar-refractivity contribution in [1.82, 2.24) is 9.88 Å². The number of benzene rings is 2. The van der Waals surface area contributed by atoms with Crippen LogP contribution in [0.15, 0.2) is 36.4 Å². The number of thiazole rings is 1. The average molecular weight is 428 g/mol. The van der Waals surface area contributed by atoms with Crippen molar-refractivity contribution in [2.75, 3.05) is 52.4 Å². The molecule has 0 radical (unpaired) electrons. The standard InChI is InChI=1S/C22H25N3O4S/c1-27-16-6-4-15(5-7-16)14-19(26)24-10-12-25(13-11-24)22-23-20-17(28-2)8-9-18(29-3)21(20)30-22/h4-9H,10-14H2,1-3H3. The first-order valence-corrected chi connectivity index (χ1v) is 10.6. The Bertz CT molecular complexity index is 986. The molecular formula is C22H25N3O4S. The van der Waals surface area contributed by atoms with E-state index in [1.54, 1.807) is 32.7 Å². The number of amides is 1. The van der Waals surface area contributed by atoms with E-state index in [9.17, 15) is 4.79 Å². The Hall–Kier alpha value is -3.00. The molecule has 2 heterocycles. The summed E-state index contributed by atoms with van der Waals surface area (Å²) in [7, 11) is 4.94. The van der Waals surface area contributed by atoms with Crippen LogP contribution in [-0.4, -0.2) is 63.3 Å². The second kappa shape index (κ2) is 8.79. The Morgan fingerprint density at radius 2 is 1.60 bits per heavy atom. The second-order valence-electron chi connectivity index (χ2n) is 7.04. The van der Waals surface area contributed by atoms with Crippen molar-refractivity contribution >= 4 is 32.6 Å². The summed E-state index contributed by atoms with van der Waals surface area (Å²) in [4.78, 5) is 21.6. The van der Waals surface area contributed by atoms with Crippen LogP contribution in [0.2, 0.25) is 0 Å². The number of fused-ring (bicyclic) bond motifs is 1. The number of hydrogen-bond donors (Lipinski definition) is 0. The third-order valence-electron chi connectivity index (χ3n) is 5.32. The number of rotatable bonds is 6. The van der Waals surface area contributed by atoms with Crippen LogP contribution >= 0.6 is 11.3 Å². The smallest absolute Gasteiger partial charge is 0.227 e. The van der Waals surface area contributed by atoms with Crippen LogP contribution in [-0.2, 0) is 11.2 Å². The Labute approximate surface area is 179 Å². The van der Waals surface area contributed by atoms with Crippen molar-refractivity contribution in [1.29, 1.82) is 0 Å². The predicted octanol–water partition coefficient (Wildman–Crippen LogP) is 3.21. The van der Waals surface area contributed by atoms with Gasteiger partial charge in [-0.25, -0.2) is 4.98 Å². The van der Waals surface area contributed by atoms with E-state index in [0.29, 0.717) is 19.5 Å². The van der Waals surface area contributed by atoms with E-state index in [2.05, 4.69) is 4.90 Å². The van der Waals surface area contributed by atoms with Gasteiger partial charge in [-0.05, 0) is 29.8 Å². The molecule has 1 aliphatic heterocycles. The van der Waals surface area contributed by atoms with Gasteiger partial charge in [0.2, 0.25) is 5.91 Å². The Balaban J connectivity index is 1.42. The summed E-state index contributed by atoms with van der Waals surface area (Å²) in [5.74, 6) is 2.47. The molecular weight excluding hydrogens is 402 g/mol. The molecule has 8 heteroatoms. The average Bonchev–Trinajstić information content (AvgIpc) is 3.24. The van der Waals surface area contributed by atoms with E-state index in [4.69, 9.17) is 19.2 Å². The number of carbonyl (C=O) groups is 1. The maximum atomic E-state index is 12.7. The number of anilines is 1. The summed E-state index contributed by atoms with van der Waals surface area (Å²) in [5, 5.41) is 0.926. The van der Waals surface area contributed by atoms with E-state index in [1.165, 1.54) is 0 Å². The van der Waals surface area contributed by atoms with Crippen LogP contribution in [0, 0.1) is 0 Å². The minimum atomic E-state index is 0.146. The van der Waals surface area contributed by atoms with Gasteiger partial charge in [-0.1, -0.05) is 23.5 Å². The lowest BCUT2D eigenvalue weighted by Crippen LogP contribution is -2.49. The number of aromatic nitrogens is 1. The highest BCUT2D eigenvalue weighted by Gasteiger charge is 2.24. The summed E-state index contributed by atoms with van der Waals surface area (Å²) in [6.07, 6.45) is 0.402. The molecule has 1 aliphatic rings. The van der Waals surface area contributed by atoms with Crippen molar-refractivity contribution in [3.05, 3.63) is 42.0 Å². The monoisotopic (exact) mass is 427 g/mol. The lowest BCUT2D eigenvalue weighted by atomic mass is 10.1. The van der Waals surface area contributed by atoms with Crippen LogP contribution in [0.1, 0.15) is 5.56 Å². The first-order chi connectivity index (χ1) is 14.6. The topological polar surface area (TPSA) is 64.1 Å². The molecule has 0 unspecified atom stereocenters. The fraction of sp³-hybridized carbons (Fsp3) is 0.364. The molecule has 0 bridgehead atoms. The van der Waals surface area contributed by atoms with Crippen molar-refractivity contribution in [3.63, 3.8) is 0 Å². The molecule has 3 aromatic rings. The van der Waals surface area contributed by atoms with Crippen LogP contribution < -0.4 is 19.1 Å². The molecule has 1 fully saturated rings. The molecule has 0 N–H and O–H groups in total. The van der Waals surface area contributed by atoms with E-state index in [1.807, 2.05) is 41.3 Å². The highest BCUT2D eigenvalue weighted by atomic mass is 32.1. The summed E-state index contributed by atoms with van der Waals surface area (Å²) in [6, 6.07) is 11.4. The highest BCUT2D eigenvalue weighted by Crippen LogP contribution is 2.40. The molecule has 1 amide bonds. The van der Waals surface area contributed by atoms with Gasteiger partial charge in [0.05, 0.1) is 27.8 Å². The fourth-order valence-corrected chi connectivity index (χ4v) is 4.71. The molecule has 0 spiro atoms. The molecule has 158 valence electrons. The van der Waals surface area contributed by atoms with Gasteiger partial charge >= 0.3 is 0 Å². The molecule has 2 aromatic carbocycles. The molecule has 0 aliphatic carbocycles.